The first-order chi connectivity index (χ1) is 20.4. The van der Waals surface area contributed by atoms with Crippen molar-refractivity contribution in [2.75, 3.05) is 19.8 Å². The minimum atomic E-state index is -0.951. The first-order valence-corrected chi connectivity index (χ1v) is 13.5. The fourth-order valence-electron chi connectivity index (χ4n) is 4.72. The Morgan fingerprint density at radius 2 is 1.55 bits per heavy atom. The molecule has 0 saturated heterocycles. The van der Waals surface area contributed by atoms with Gasteiger partial charge in [-0.05, 0) is 53.6 Å². The van der Waals surface area contributed by atoms with Crippen LogP contribution in [-0.2, 0) is 14.3 Å². The van der Waals surface area contributed by atoms with Crippen molar-refractivity contribution in [3.05, 3.63) is 107 Å². The topological polar surface area (TPSA) is 146 Å². The molecule has 2 amide bonds. The fraction of sp³-hybridized carbons (Fsp3) is 0.258. The van der Waals surface area contributed by atoms with Crippen LogP contribution < -0.4 is 15.4 Å². The van der Waals surface area contributed by atoms with Gasteiger partial charge in [-0.3, -0.25) is 10.1 Å². The highest BCUT2D eigenvalue weighted by atomic mass is 16.6. The SMILES string of the molecule is C=CCOC(=O)[C@H](CCCCNC(=O)Oc1ccc([N+](=O)[O-])cc1)NC(=O)OCC1c2ccccc2-c2ccccc21. The van der Waals surface area contributed by atoms with E-state index in [9.17, 15) is 24.5 Å². The van der Waals surface area contributed by atoms with Crippen LogP contribution in [0.15, 0.2) is 85.5 Å². The van der Waals surface area contributed by atoms with Crippen molar-refractivity contribution in [2.45, 2.75) is 31.2 Å². The Morgan fingerprint density at radius 3 is 2.17 bits per heavy atom. The Morgan fingerprint density at radius 1 is 0.905 bits per heavy atom. The van der Waals surface area contributed by atoms with Crippen molar-refractivity contribution in [3.8, 4) is 16.9 Å². The molecule has 218 valence electrons. The minimum Gasteiger partial charge on any atom is -0.460 e. The van der Waals surface area contributed by atoms with Crippen LogP contribution >= 0.6 is 0 Å². The number of esters is 1. The maximum absolute atomic E-state index is 12.8. The van der Waals surface area contributed by atoms with Crippen molar-refractivity contribution >= 4 is 23.8 Å². The van der Waals surface area contributed by atoms with Crippen LogP contribution in [0.2, 0.25) is 0 Å². The molecule has 0 radical (unpaired) electrons. The van der Waals surface area contributed by atoms with E-state index < -0.39 is 29.1 Å². The molecule has 42 heavy (non-hydrogen) atoms. The standard InChI is InChI=1S/C31H31N3O8/c1-2-19-40-29(35)28(13-7-8-18-32-30(36)42-22-16-14-21(15-17-22)34(38)39)33-31(37)41-20-27-25-11-5-3-9-23(25)24-10-4-6-12-26(24)27/h2-6,9-12,14-17,27-28H,1,7-8,13,18-20H2,(H,32,36)(H,33,37)/t28-/m0/s1. The van der Waals surface area contributed by atoms with Gasteiger partial charge in [-0.25, -0.2) is 14.4 Å². The number of non-ortho nitro benzene ring substituents is 1. The molecule has 11 nitrogen and oxygen atoms in total. The van der Waals surface area contributed by atoms with Gasteiger partial charge in [0.05, 0.1) is 4.92 Å². The zero-order chi connectivity index (χ0) is 29.9. The molecule has 4 rings (SSSR count). The third-order valence-corrected chi connectivity index (χ3v) is 6.71. The van der Waals surface area contributed by atoms with Crippen LogP contribution in [0, 0.1) is 10.1 Å². The van der Waals surface area contributed by atoms with Crippen molar-refractivity contribution < 1.29 is 33.5 Å². The number of fused-ring (bicyclic) bond motifs is 3. The molecule has 3 aromatic rings. The van der Waals surface area contributed by atoms with Gasteiger partial charge in [0.15, 0.2) is 0 Å². The summed E-state index contributed by atoms with van der Waals surface area (Å²) in [6.45, 7) is 3.88. The van der Waals surface area contributed by atoms with Gasteiger partial charge in [-0.2, -0.15) is 0 Å². The zero-order valence-electron chi connectivity index (χ0n) is 22.8. The number of nitro benzene ring substituents is 1. The Bertz CT molecular complexity index is 1390. The molecule has 2 N–H and O–H groups in total. The number of carbonyl (C=O) groups excluding carboxylic acids is 3. The summed E-state index contributed by atoms with van der Waals surface area (Å²) in [6, 6.07) is 20.2. The average molecular weight is 574 g/mol. The third-order valence-electron chi connectivity index (χ3n) is 6.71. The van der Waals surface area contributed by atoms with Crippen LogP contribution in [-0.4, -0.2) is 48.9 Å². The Kier molecular flexibility index (Phi) is 10.2. The van der Waals surface area contributed by atoms with Gasteiger partial charge in [-0.1, -0.05) is 61.2 Å². The second kappa shape index (κ2) is 14.4. The molecule has 0 aliphatic heterocycles. The maximum atomic E-state index is 12.8. The second-order valence-corrected chi connectivity index (χ2v) is 9.50. The van der Waals surface area contributed by atoms with E-state index in [1.807, 2.05) is 48.5 Å². The summed E-state index contributed by atoms with van der Waals surface area (Å²) >= 11 is 0. The number of benzene rings is 3. The molecular formula is C31H31N3O8. The molecule has 11 heteroatoms. The van der Waals surface area contributed by atoms with E-state index in [0.29, 0.717) is 12.8 Å². The van der Waals surface area contributed by atoms with E-state index in [4.69, 9.17) is 14.2 Å². The van der Waals surface area contributed by atoms with E-state index in [2.05, 4.69) is 17.2 Å². The van der Waals surface area contributed by atoms with Gasteiger partial charge in [0.25, 0.3) is 5.69 Å². The van der Waals surface area contributed by atoms with E-state index in [0.717, 1.165) is 22.3 Å². The number of nitrogens with one attached hydrogen (secondary N) is 2. The summed E-state index contributed by atoms with van der Waals surface area (Å²) < 4.78 is 15.8. The number of nitrogens with zero attached hydrogens (tertiary/aromatic N) is 1. The third kappa shape index (κ3) is 7.72. The number of hydrogen-bond acceptors (Lipinski definition) is 8. The van der Waals surface area contributed by atoms with Crippen molar-refractivity contribution in [3.63, 3.8) is 0 Å². The van der Waals surface area contributed by atoms with E-state index in [1.54, 1.807) is 0 Å². The molecule has 0 fully saturated rings. The molecule has 0 bridgehead atoms. The number of amides is 2. The maximum Gasteiger partial charge on any atom is 0.412 e. The van der Waals surface area contributed by atoms with Crippen LogP contribution in [0.25, 0.3) is 11.1 Å². The molecule has 0 aromatic heterocycles. The van der Waals surface area contributed by atoms with Crippen molar-refractivity contribution in [1.82, 2.24) is 10.6 Å². The lowest BCUT2D eigenvalue weighted by molar-refractivity contribution is -0.384. The molecule has 0 unspecified atom stereocenters. The van der Waals surface area contributed by atoms with Crippen LogP contribution in [0.3, 0.4) is 0 Å². The number of rotatable bonds is 13. The van der Waals surface area contributed by atoms with Gasteiger partial charge < -0.3 is 24.8 Å². The fourth-order valence-corrected chi connectivity index (χ4v) is 4.72. The molecule has 1 atom stereocenters. The van der Waals surface area contributed by atoms with Gasteiger partial charge in [-0.15, -0.1) is 0 Å². The summed E-state index contributed by atoms with van der Waals surface area (Å²) in [5, 5.41) is 15.9. The summed E-state index contributed by atoms with van der Waals surface area (Å²) in [5.74, 6) is -0.574. The number of unbranched alkanes of at least 4 members (excludes halogenated alkanes) is 1. The molecular weight excluding hydrogens is 542 g/mol. The number of nitro groups is 1. The average Bonchev–Trinajstić information content (AvgIpc) is 3.31. The Labute approximate surface area is 242 Å². The van der Waals surface area contributed by atoms with Crippen molar-refractivity contribution in [1.29, 1.82) is 0 Å². The van der Waals surface area contributed by atoms with Crippen molar-refractivity contribution in [2.24, 2.45) is 0 Å². The second-order valence-electron chi connectivity index (χ2n) is 9.50. The molecule has 1 aliphatic carbocycles. The molecule has 1 aliphatic rings. The lowest BCUT2D eigenvalue weighted by Crippen LogP contribution is -2.42. The molecule has 0 spiro atoms. The lowest BCUT2D eigenvalue weighted by Gasteiger charge is -2.19. The minimum absolute atomic E-state index is 0.00224. The van der Waals surface area contributed by atoms with Gasteiger partial charge >= 0.3 is 18.2 Å². The predicted octanol–water partition coefficient (Wildman–Crippen LogP) is 5.49. The summed E-state index contributed by atoms with van der Waals surface area (Å²) in [7, 11) is 0. The highest BCUT2D eigenvalue weighted by Gasteiger charge is 2.30. The largest absolute Gasteiger partial charge is 0.460 e. The van der Waals surface area contributed by atoms with Gasteiger partial charge in [0, 0.05) is 24.6 Å². The van der Waals surface area contributed by atoms with E-state index >= 15 is 0 Å². The first kappa shape index (κ1) is 29.8. The summed E-state index contributed by atoms with van der Waals surface area (Å²) in [6.07, 6.45) is 1.18. The predicted molar refractivity (Wildman–Crippen MR) is 154 cm³/mol. The normalized spacial score (nSPS) is 12.3. The first-order valence-electron chi connectivity index (χ1n) is 13.5. The van der Waals surface area contributed by atoms with E-state index in [1.165, 1.54) is 30.3 Å². The number of ether oxygens (including phenoxy) is 3. The van der Waals surface area contributed by atoms with E-state index in [-0.39, 0.29) is 43.5 Å². The smallest absolute Gasteiger partial charge is 0.412 e. The summed E-state index contributed by atoms with van der Waals surface area (Å²) in [4.78, 5) is 47.5. The number of hydrogen-bond donors (Lipinski definition) is 2. The van der Waals surface area contributed by atoms with Gasteiger partial charge in [0.1, 0.15) is 25.0 Å². The van der Waals surface area contributed by atoms with Gasteiger partial charge in [0.2, 0.25) is 0 Å². The lowest BCUT2D eigenvalue weighted by atomic mass is 9.98. The zero-order valence-corrected chi connectivity index (χ0v) is 22.8. The van der Waals surface area contributed by atoms with Crippen LogP contribution in [0.1, 0.15) is 36.3 Å². The Balaban J connectivity index is 1.24. The monoisotopic (exact) mass is 573 g/mol. The number of carbonyl (C=O) groups is 3. The van der Waals surface area contributed by atoms with Crippen LogP contribution in [0.4, 0.5) is 15.3 Å². The molecule has 0 saturated carbocycles. The quantitative estimate of drug-likeness (QED) is 0.0897. The van der Waals surface area contributed by atoms with Crippen LogP contribution in [0.5, 0.6) is 5.75 Å². The Hall–Kier alpha value is -5.19. The number of alkyl carbamates (subject to hydrolysis) is 1. The molecule has 0 heterocycles. The highest BCUT2D eigenvalue weighted by molar-refractivity contribution is 5.82. The molecule has 3 aromatic carbocycles. The highest BCUT2D eigenvalue weighted by Crippen LogP contribution is 2.44. The summed E-state index contributed by atoms with van der Waals surface area (Å²) in [5.41, 5.74) is 4.26.